The first-order valence-corrected chi connectivity index (χ1v) is 7.11. The van der Waals surface area contributed by atoms with Crippen molar-refractivity contribution in [2.75, 3.05) is 0 Å². The molecule has 1 heterocycles. The second kappa shape index (κ2) is 5.28. The van der Waals surface area contributed by atoms with E-state index in [1.807, 2.05) is 0 Å². The van der Waals surface area contributed by atoms with Gasteiger partial charge in [0, 0.05) is 11.8 Å². The van der Waals surface area contributed by atoms with E-state index in [0.717, 1.165) is 0 Å². The number of halogens is 4. The van der Waals surface area contributed by atoms with Crippen molar-refractivity contribution in [3.05, 3.63) is 58.4 Å². The minimum Gasteiger partial charge on any atom is -0.295 e. The van der Waals surface area contributed by atoms with Gasteiger partial charge in [-0.25, -0.2) is 13.8 Å². The molecule has 0 saturated heterocycles. The zero-order valence-corrected chi connectivity index (χ0v) is 12.5. The van der Waals surface area contributed by atoms with Crippen molar-refractivity contribution in [2.45, 2.75) is 12.8 Å². The van der Waals surface area contributed by atoms with Gasteiger partial charge in [-0.05, 0) is 36.8 Å². The molecule has 21 heavy (non-hydrogen) atoms. The fourth-order valence-corrected chi connectivity index (χ4v) is 2.61. The summed E-state index contributed by atoms with van der Waals surface area (Å²) in [5.41, 5.74) is 2.32. The van der Waals surface area contributed by atoms with Crippen LogP contribution < -0.4 is 0 Å². The van der Waals surface area contributed by atoms with Gasteiger partial charge in [0.1, 0.15) is 17.5 Å². The fraction of sp³-hybridized carbons (Fsp3) is 0.133. The largest absolute Gasteiger partial charge is 0.295 e. The van der Waals surface area contributed by atoms with E-state index >= 15 is 0 Å². The van der Waals surface area contributed by atoms with E-state index in [0.29, 0.717) is 28.1 Å². The van der Waals surface area contributed by atoms with Gasteiger partial charge in [-0.15, -0.1) is 11.6 Å². The maximum absolute atomic E-state index is 13.7. The van der Waals surface area contributed by atoms with Gasteiger partial charge in [-0.2, -0.15) is 0 Å². The van der Waals surface area contributed by atoms with Crippen molar-refractivity contribution in [3.63, 3.8) is 0 Å². The summed E-state index contributed by atoms with van der Waals surface area (Å²) in [7, 11) is 0. The predicted molar refractivity (Wildman–Crippen MR) is 80.3 cm³/mol. The number of hydrogen-bond acceptors (Lipinski definition) is 1. The summed E-state index contributed by atoms with van der Waals surface area (Å²) in [5, 5.41) is 0.00806. The molecule has 0 fully saturated rings. The van der Waals surface area contributed by atoms with Crippen LogP contribution in [0.25, 0.3) is 16.7 Å². The van der Waals surface area contributed by atoms with Crippen molar-refractivity contribution < 1.29 is 8.78 Å². The topological polar surface area (TPSA) is 17.8 Å². The molecule has 0 aliphatic heterocycles. The summed E-state index contributed by atoms with van der Waals surface area (Å²) in [5.74, 6) is -0.145. The molecule has 0 aliphatic carbocycles. The molecule has 0 amide bonds. The number of imidazole rings is 1. The predicted octanol–water partition coefficient (Wildman–Crippen LogP) is 5.00. The third-order valence-corrected chi connectivity index (χ3v) is 3.81. The van der Waals surface area contributed by atoms with Crippen molar-refractivity contribution in [1.29, 1.82) is 0 Å². The maximum atomic E-state index is 13.7. The molecule has 0 bridgehead atoms. The van der Waals surface area contributed by atoms with E-state index in [-0.39, 0.29) is 16.7 Å². The van der Waals surface area contributed by atoms with E-state index in [1.54, 1.807) is 23.6 Å². The zero-order valence-electron chi connectivity index (χ0n) is 11.0. The lowest BCUT2D eigenvalue weighted by Gasteiger charge is -2.09. The first kappa shape index (κ1) is 14.3. The van der Waals surface area contributed by atoms with Crippen LogP contribution in [-0.2, 0) is 5.88 Å². The molecular weight excluding hydrogens is 317 g/mol. The standard InChI is InChI=1S/C15H10Cl2F2N2/c1-8-4-14-13(6-12(8)19)20-15(7-16)21(14)9-2-3-11(18)10(17)5-9/h2-6H,7H2,1H3. The van der Waals surface area contributed by atoms with E-state index in [1.165, 1.54) is 18.2 Å². The van der Waals surface area contributed by atoms with E-state index in [4.69, 9.17) is 23.2 Å². The van der Waals surface area contributed by atoms with Crippen molar-refractivity contribution in [3.8, 4) is 5.69 Å². The molecule has 3 rings (SSSR count). The lowest BCUT2D eigenvalue weighted by Crippen LogP contribution is -2.00. The Balaban J connectivity index is 2.34. The van der Waals surface area contributed by atoms with E-state index in [9.17, 15) is 8.78 Å². The van der Waals surface area contributed by atoms with Crippen LogP contribution in [0.5, 0.6) is 0 Å². The Hall–Kier alpha value is -1.65. The molecule has 0 unspecified atom stereocenters. The fourth-order valence-electron chi connectivity index (χ4n) is 2.25. The smallest absolute Gasteiger partial charge is 0.141 e. The Labute approximate surface area is 129 Å². The molecule has 3 aromatic rings. The van der Waals surface area contributed by atoms with Crippen LogP contribution in [0.15, 0.2) is 30.3 Å². The van der Waals surface area contributed by atoms with Gasteiger partial charge >= 0.3 is 0 Å². The minimum absolute atomic E-state index is 0.00806. The zero-order chi connectivity index (χ0) is 15.1. The Bertz CT molecular complexity index is 843. The quantitative estimate of drug-likeness (QED) is 0.605. The van der Waals surface area contributed by atoms with Crippen LogP contribution in [0.4, 0.5) is 8.78 Å². The Morgan fingerprint density at radius 1 is 1.14 bits per heavy atom. The van der Waals surface area contributed by atoms with Crippen LogP contribution in [0.3, 0.4) is 0 Å². The highest BCUT2D eigenvalue weighted by Gasteiger charge is 2.15. The molecule has 1 aromatic heterocycles. The summed E-state index contributed by atoms with van der Waals surface area (Å²) >= 11 is 11.8. The second-order valence-electron chi connectivity index (χ2n) is 4.69. The molecule has 2 aromatic carbocycles. The van der Waals surface area contributed by atoms with Crippen LogP contribution in [0, 0.1) is 18.6 Å². The van der Waals surface area contributed by atoms with Crippen molar-refractivity contribution in [2.24, 2.45) is 0 Å². The third kappa shape index (κ3) is 2.39. The van der Waals surface area contributed by atoms with Crippen LogP contribution in [0.1, 0.15) is 11.4 Å². The van der Waals surface area contributed by atoms with Gasteiger partial charge in [0.25, 0.3) is 0 Å². The molecule has 0 spiro atoms. The van der Waals surface area contributed by atoms with Crippen LogP contribution in [-0.4, -0.2) is 9.55 Å². The Kier molecular flexibility index (Phi) is 3.59. The van der Waals surface area contributed by atoms with Gasteiger partial charge in [0.2, 0.25) is 0 Å². The number of alkyl halides is 1. The molecule has 108 valence electrons. The first-order valence-electron chi connectivity index (χ1n) is 6.20. The van der Waals surface area contributed by atoms with Crippen LogP contribution in [0.2, 0.25) is 5.02 Å². The molecule has 0 N–H and O–H groups in total. The minimum atomic E-state index is -0.500. The number of nitrogens with zero attached hydrogens (tertiary/aromatic N) is 2. The molecule has 6 heteroatoms. The SMILES string of the molecule is Cc1cc2c(cc1F)nc(CCl)n2-c1ccc(F)c(Cl)c1. The molecular formula is C15H10Cl2F2N2. The molecule has 0 aliphatic rings. The lowest BCUT2D eigenvalue weighted by molar-refractivity contribution is 0.620. The summed E-state index contributed by atoms with van der Waals surface area (Å²) in [6.07, 6.45) is 0. The van der Waals surface area contributed by atoms with Crippen LogP contribution >= 0.6 is 23.2 Å². The third-order valence-electron chi connectivity index (χ3n) is 3.29. The lowest BCUT2D eigenvalue weighted by atomic mass is 10.2. The van der Waals surface area contributed by atoms with Gasteiger partial charge in [0.15, 0.2) is 0 Å². The number of rotatable bonds is 2. The summed E-state index contributed by atoms with van der Waals surface area (Å²) < 4.78 is 28.7. The average molecular weight is 327 g/mol. The molecule has 2 nitrogen and oxygen atoms in total. The number of aryl methyl sites for hydroxylation is 1. The van der Waals surface area contributed by atoms with Crippen molar-refractivity contribution >= 4 is 34.2 Å². The van der Waals surface area contributed by atoms with Gasteiger partial charge in [-0.3, -0.25) is 4.57 Å². The van der Waals surface area contributed by atoms with E-state index in [2.05, 4.69) is 4.98 Å². The number of fused-ring (bicyclic) bond motifs is 1. The Morgan fingerprint density at radius 3 is 2.57 bits per heavy atom. The number of benzene rings is 2. The van der Waals surface area contributed by atoms with Gasteiger partial charge in [-0.1, -0.05) is 11.6 Å². The monoisotopic (exact) mass is 326 g/mol. The average Bonchev–Trinajstić information content (AvgIpc) is 2.80. The number of hydrogen-bond donors (Lipinski definition) is 0. The van der Waals surface area contributed by atoms with Gasteiger partial charge in [0.05, 0.1) is 21.9 Å². The van der Waals surface area contributed by atoms with Gasteiger partial charge < -0.3 is 0 Å². The summed E-state index contributed by atoms with van der Waals surface area (Å²) in [6.45, 7) is 1.67. The molecule has 0 radical (unpaired) electrons. The normalized spacial score (nSPS) is 11.3. The number of aromatic nitrogens is 2. The second-order valence-corrected chi connectivity index (χ2v) is 5.36. The van der Waals surface area contributed by atoms with Crippen molar-refractivity contribution in [1.82, 2.24) is 9.55 Å². The summed E-state index contributed by atoms with van der Waals surface area (Å²) in [4.78, 5) is 4.32. The highest BCUT2D eigenvalue weighted by atomic mass is 35.5. The molecule has 0 atom stereocenters. The highest BCUT2D eigenvalue weighted by Crippen LogP contribution is 2.27. The highest BCUT2D eigenvalue weighted by molar-refractivity contribution is 6.30. The first-order chi connectivity index (χ1) is 10.0. The molecule has 0 saturated carbocycles. The van der Waals surface area contributed by atoms with E-state index < -0.39 is 5.82 Å². The summed E-state index contributed by atoms with van der Waals surface area (Å²) in [6, 6.07) is 7.40. The Morgan fingerprint density at radius 2 is 1.90 bits per heavy atom. The maximum Gasteiger partial charge on any atom is 0.141 e.